The van der Waals surface area contributed by atoms with Gasteiger partial charge in [0.05, 0.1) is 18.6 Å². The van der Waals surface area contributed by atoms with Gasteiger partial charge in [-0.3, -0.25) is 13.9 Å². The number of carbonyl (C=O) groups excluding carboxylic acids is 2. The summed E-state index contributed by atoms with van der Waals surface area (Å²) in [6.45, 7) is 3.81. The first-order valence-electron chi connectivity index (χ1n) is 11.0. The number of carbonyl (C=O) groups is 2. The Morgan fingerprint density at radius 3 is 2.24 bits per heavy atom. The molecule has 0 saturated carbocycles. The molecule has 1 N–H and O–H groups in total. The van der Waals surface area contributed by atoms with E-state index in [-0.39, 0.29) is 18.1 Å². The van der Waals surface area contributed by atoms with Gasteiger partial charge in [0.25, 0.3) is 0 Å². The second kappa shape index (κ2) is 12.2. The molecule has 2 amide bonds. The van der Waals surface area contributed by atoms with Crippen molar-refractivity contribution in [3.63, 3.8) is 0 Å². The van der Waals surface area contributed by atoms with Crippen molar-refractivity contribution in [2.75, 3.05) is 37.3 Å². The molecule has 180 valence electrons. The van der Waals surface area contributed by atoms with Crippen LogP contribution in [-0.2, 0) is 26.0 Å². The zero-order chi connectivity index (χ0) is 24.4. The number of hydrogen-bond donors (Lipinski definition) is 1. The zero-order valence-electron chi connectivity index (χ0n) is 19.7. The number of ether oxygens (including phenoxy) is 1. The lowest BCUT2D eigenvalue weighted by Crippen LogP contribution is -2.52. The Balaban J connectivity index is 2.38. The summed E-state index contributed by atoms with van der Waals surface area (Å²) in [5.74, 6) is -0.384. The third-order valence-corrected chi connectivity index (χ3v) is 6.36. The molecule has 0 aliphatic rings. The predicted octanol–water partition coefficient (Wildman–Crippen LogP) is 2.45. The molecule has 0 aromatic heterocycles. The van der Waals surface area contributed by atoms with E-state index in [1.54, 1.807) is 31.2 Å². The van der Waals surface area contributed by atoms with Crippen LogP contribution in [0.3, 0.4) is 0 Å². The summed E-state index contributed by atoms with van der Waals surface area (Å²) >= 11 is 0. The molecule has 2 aromatic rings. The molecule has 1 atom stereocenters. The van der Waals surface area contributed by atoms with Crippen LogP contribution in [0.25, 0.3) is 0 Å². The Morgan fingerprint density at radius 1 is 1.03 bits per heavy atom. The zero-order valence-corrected chi connectivity index (χ0v) is 20.5. The van der Waals surface area contributed by atoms with E-state index in [1.807, 2.05) is 37.3 Å². The smallest absolute Gasteiger partial charge is 0.244 e. The van der Waals surface area contributed by atoms with Crippen LogP contribution < -0.4 is 14.4 Å². The van der Waals surface area contributed by atoms with Crippen LogP contribution in [0.2, 0.25) is 0 Å². The first-order chi connectivity index (χ1) is 15.7. The maximum absolute atomic E-state index is 13.5. The molecule has 0 unspecified atom stereocenters. The first kappa shape index (κ1) is 26.2. The lowest BCUT2D eigenvalue weighted by molar-refractivity contribution is -0.139. The minimum atomic E-state index is -3.81. The summed E-state index contributed by atoms with van der Waals surface area (Å²) in [5.41, 5.74) is 1.30. The van der Waals surface area contributed by atoms with Crippen LogP contribution >= 0.6 is 0 Å². The second-order valence-electron chi connectivity index (χ2n) is 7.53. The van der Waals surface area contributed by atoms with Crippen molar-refractivity contribution in [2.24, 2.45) is 0 Å². The molecule has 0 bridgehead atoms. The second-order valence-corrected chi connectivity index (χ2v) is 9.44. The SMILES string of the molecule is CCOc1ccccc1N(CC(=O)N(CCc1ccccc1)[C@H](CC)C(=O)NC)S(C)(=O)=O. The highest BCUT2D eigenvalue weighted by Crippen LogP contribution is 2.30. The number of amides is 2. The van der Waals surface area contributed by atoms with Crippen molar-refractivity contribution in [3.8, 4) is 5.75 Å². The number of likely N-dealkylation sites (N-methyl/N-ethyl adjacent to an activating group) is 1. The van der Waals surface area contributed by atoms with Gasteiger partial charge in [-0.1, -0.05) is 49.4 Å². The largest absolute Gasteiger partial charge is 0.492 e. The van der Waals surface area contributed by atoms with E-state index in [0.717, 1.165) is 16.1 Å². The van der Waals surface area contributed by atoms with E-state index in [4.69, 9.17) is 4.74 Å². The fourth-order valence-corrected chi connectivity index (χ4v) is 4.45. The third-order valence-electron chi connectivity index (χ3n) is 5.23. The van der Waals surface area contributed by atoms with Crippen molar-refractivity contribution < 1.29 is 22.7 Å². The Labute approximate surface area is 196 Å². The van der Waals surface area contributed by atoms with Crippen molar-refractivity contribution in [2.45, 2.75) is 32.7 Å². The van der Waals surface area contributed by atoms with E-state index >= 15 is 0 Å². The fourth-order valence-electron chi connectivity index (χ4n) is 3.60. The van der Waals surface area contributed by atoms with Crippen LogP contribution in [0, 0.1) is 0 Å². The standard InChI is InChI=1S/C24H33N3O5S/c1-5-20(24(29)25-3)26(17-16-19-12-8-7-9-13-19)23(28)18-27(33(4,30)31)21-14-10-11-15-22(21)32-6-2/h7-15,20H,5-6,16-18H2,1-4H3,(H,25,29)/t20-/m1/s1. The van der Waals surface area contributed by atoms with Crippen molar-refractivity contribution in [1.29, 1.82) is 0 Å². The van der Waals surface area contributed by atoms with Crippen molar-refractivity contribution in [1.82, 2.24) is 10.2 Å². The first-order valence-corrected chi connectivity index (χ1v) is 12.8. The van der Waals surface area contributed by atoms with Gasteiger partial charge in [0.1, 0.15) is 18.3 Å². The molecule has 0 aliphatic carbocycles. The van der Waals surface area contributed by atoms with Crippen molar-refractivity contribution in [3.05, 3.63) is 60.2 Å². The lowest BCUT2D eigenvalue weighted by Gasteiger charge is -2.32. The highest BCUT2D eigenvalue weighted by atomic mass is 32.2. The molecule has 0 fully saturated rings. The molecule has 2 rings (SSSR count). The number of nitrogens with zero attached hydrogens (tertiary/aromatic N) is 2. The Morgan fingerprint density at radius 2 is 1.67 bits per heavy atom. The average Bonchev–Trinajstić information content (AvgIpc) is 2.80. The van der Waals surface area contributed by atoms with Gasteiger partial charge in [-0.25, -0.2) is 8.42 Å². The van der Waals surface area contributed by atoms with Crippen LogP contribution in [0.4, 0.5) is 5.69 Å². The van der Waals surface area contributed by atoms with Gasteiger partial charge < -0.3 is 15.0 Å². The summed E-state index contributed by atoms with van der Waals surface area (Å²) < 4.78 is 32.0. The summed E-state index contributed by atoms with van der Waals surface area (Å²) in [4.78, 5) is 27.5. The van der Waals surface area contributed by atoms with E-state index in [0.29, 0.717) is 25.2 Å². The maximum Gasteiger partial charge on any atom is 0.244 e. The number of sulfonamides is 1. The van der Waals surface area contributed by atoms with E-state index < -0.39 is 28.5 Å². The molecule has 33 heavy (non-hydrogen) atoms. The lowest BCUT2D eigenvalue weighted by atomic mass is 10.1. The summed E-state index contributed by atoms with van der Waals surface area (Å²) in [7, 11) is -2.29. The van der Waals surface area contributed by atoms with Gasteiger partial charge in [0.2, 0.25) is 21.8 Å². The minimum absolute atomic E-state index is 0.277. The Kier molecular flexibility index (Phi) is 9.72. The monoisotopic (exact) mass is 475 g/mol. The molecule has 0 heterocycles. The molecule has 0 aliphatic heterocycles. The van der Waals surface area contributed by atoms with E-state index in [1.165, 1.54) is 11.9 Å². The number of para-hydroxylation sites is 2. The van der Waals surface area contributed by atoms with Gasteiger partial charge in [0.15, 0.2) is 0 Å². The third kappa shape index (κ3) is 7.21. The van der Waals surface area contributed by atoms with Gasteiger partial charge >= 0.3 is 0 Å². The quantitative estimate of drug-likeness (QED) is 0.509. The molecule has 0 radical (unpaired) electrons. The highest BCUT2D eigenvalue weighted by molar-refractivity contribution is 7.92. The number of anilines is 1. The fraction of sp³-hybridized carbons (Fsp3) is 0.417. The van der Waals surface area contributed by atoms with Crippen molar-refractivity contribution >= 4 is 27.5 Å². The van der Waals surface area contributed by atoms with Crippen LogP contribution in [0.15, 0.2) is 54.6 Å². The number of hydrogen-bond acceptors (Lipinski definition) is 5. The topological polar surface area (TPSA) is 96.0 Å². The summed E-state index contributed by atoms with van der Waals surface area (Å²) in [6, 6.07) is 15.6. The normalized spacial score (nSPS) is 12.0. The summed E-state index contributed by atoms with van der Waals surface area (Å²) in [6.07, 6.45) is 1.98. The maximum atomic E-state index is 13.5. The van der Waals surface area contributed by atoms with E-state index in [9.17, 15) is 18.0 Å². The molecule has 8 nitrogen and oxygen atoms in total. The molecule has 0 saturated heterocycles. The summed E-state index contributed by atoms with van der Waals surface area (Å²) in [5, 5.41) is 2.61. The predicted molar refractivity (Wildman–Crippen MR) is 130 cm³/mol. The molecule has 9 heteroatoms. The highest BCUT2D eigenvalue weighted by Gasteiger charge is 2.31. The van der Waals surface area contributed by atoms with Crippen LogP contribution in [0.5, 0.6) is 5.75 Å². The molecular weight excluding hydrogens is 442 g/mol. The van der Waals surface area contributed by atoms with Crippen LogP contribution in [-0.4, -0.2) is 64.2 Å². The molecular formula is C24H33N3O5S. The van der Waals surface area contributed by atoms with Gasteiger partial charge in [-0.05, 0) is 37.5 Å². The van der Waals surface area contributed by atoms with E-state index in [2.05, 4.69) is 5.32 Å². The van der Waals surface area contributed by atoms with Gasteiger partial charge in [-0.2, -0.15) is 0 Å². The number of rotatable bonds is 12. The minimum Gasteiger partial charge on any atom is -0.492 e. The number of nitrogens with one attached hydrogen (secondary N) is 1. The molecule has 2 aromatic carbocycles. The Hall–Kier alpha value is -3.07. The van der Waals surface area contributed by atoms with Gasteiger partial charge in [-0.15, -0.1) is 0 Å². The number of benzene rings is 2. The molecule has 0 spiro atoms. The van der Waals surface area contributed by atoms with Gasteiger partial charge in [0, 0.05) is 13.6 Å². The Bertz CT molecular complexity index is 1030. The van der Waals surface area contributed by atoms with Crippen LogP contribution in [0.1, 0.15) is 25.8 Å². The average molecular weight is 476 g/mol.